The standard InChI is InChI=1S/C14H11ClN6O3S2/c15-9-4-3-8(21(23)24)6-10(9)17-12(22)7-26-14-19-18-13(20(14)16)11-2-1-5-25-11/h1-6H,7,16H2,(H,17,22). The summed E-state index contributed by atoms with van der Waals surface area (Å²) < 4.78 is 1.31. The van der Waals surface area contributed by atoms with Crippen LogP contribution in [0.2, 0.25) is 5.02 Å². The van der Waals surface area contributed by atoms with E-state index in [1.165, 1.54) is 34.2 Å². The van der Waals surface area contributed by atoms with E-state index in [1.54, 1.807) is 0 Å². The average Bonchev–Trinajstić information content (AvgIpc) is 3.24. The zero-order chi connectivity index (χ0) is 18.7. The van der Waals surface area contributed by atoms with Crippen LogP contribution < -0.4 is 11.2 Å². The number of non-ortho nitro benzene ring substituents is 1. The van der Waals surface area contributed by atoms with Gasteiger partial charge in [-0.05, 0) is 17.5 Å². The number of carbonyl (C=O) groups is 1. The fraction of sp³-hybridized carbons (Fsp3) is 0.0714. The lowest BCUT2D eigenvalue weighted by molar-refractivity contribution is -0.384. The number of benzene rings is 1. The zero-order valence-corrected chi connectivity index (χ0v) is 15.3. The van der Waals surface area contributed by atoms with Gasteiger partial charge in [0.25, 0.3) is 5.69 Å². The molecule has 0 saturated heterocycles. The molecule has 0 bridgehead atoms. The number of thioether (sulfide) groups is 1. The number of nitrogens with zero attached hydrogens (tertiary/aromatic N) is 4. The van der Waals surface area contributed by atoms with Crippen LogP contribution in [0.15, 0.2) is 40.9 Å². The van der Waals surface area contributed by atoms with Crippen LogP contribution in [0.1, 0.15) is 0 Å². The molecule has 1 aromatic carbocycles. The molecular weight excluding hydrogens is 400 g/mol. The third-order valence-corrected chi connectivity index (χ3v) is 5.31. The number of carbonyl (C=O) groups excluding carboxylic acids is 1. The highest BCUT2D eigenvalue weighted by molar-refractivity contribution is 7.99. The number of anilines is 1. The summed E-state index contributed by atoms with van der Waals surface area (Å²) in [6.07, 6.45) is 0. The van der Waals surface area contributed by atoms with Crippen LogP contribution in [0, 0.1) is 10.1 Å². The molecule has 3 aromatic rings. The highest BCUT2D eigenvalue weighted by Gasteiger charge is 2.16. The Labute approximate surface area is 160 Å². The molecule has 0 aliphatic carbocycles. The second-order valence-electron chi connectivity index (χ2n) is 4.91. The summed E-state index contributed by atoms with van der Waals surface area (Å²) in [5.41, 5.74) is -0.000370. The quantitative estimate of drug-likeness (QED) is 0.276. The number of thiophene rings is 1. The molecule has 12 heteroatoms. The van der Waals surface area contributed by atoms with Crippen molar-refractivity contribution in [2.75, 3.05) is 16.9 Å². The molecule has 0 saturated carbocycles. The van der Waals surface area contributed by atoms with Gasteiger partial charge in [-0.1, -0.05) is 29.4 Å². The summed E-state index contributed by atoms with van der Waals surface area (Å²) in [5.74, 6) is 6.04. The van der Waals surface area contributed by atoms with Crippen molar-refractivity contribution in [1.29, 1.82) is 0 Å². The summed E-state index contributed by atoms with van der Waals surface area (Å²) >= 11 is 8.52. The Bertz CT molecular complexity index is 960. The smallest absolute Gasteiger partial charge is 0.271 e. The average molecular weight is 411 g/mol. The summed E-state index contributed by atoms with van der Waals surface area (Å²) in [6.45, 7) is 0. The van der Waals surface area contributed by atoms with Crippen molar-refractivity contribution >= 4 is 52.0 Å². The Hall–Kier alpha value is -2.63. The summed E-state index contributed by atoms with van der Waals surface area (Å²) in [7, 11) is 0. The van der Waals surface area contributed by atoms with Gasteiger partial charge in [0.2, 0.25) is 11.1 Å². The van der Waals surface area contributed by atoms with Gasteiger partial charge in [-0.3, -0.25) is 14.9 Å². The number of amides is 1. The van der Waals surface area contributed by atoms with Crippen molar-refractivity contribution in [1.82, 2.24) is 14.9 Å². The second kappa shape index (κ2) is 7.72. The van der Waals surface area contributed by atoms with E-state index in [0.717, 1.165) is 16.6 Å². The SMILES string of the molecule is Nn1c(SCC(=O)Nc2cc([N+](=O)[O-])ccc2Cl)nnc1-c1cccs1. The fourth-order valence-electron chi connectivity index (χ4n) is 1.99. The van der Waals surface area contributed by atoms with Gasteiger partial charge in [-0.25, -0.2) is 4.68 Å². The van der Waals surface area contributed by atoms with Crippen LogP contribution in [0.3, 0.4) is 0 Å². The second-order valence-corrected chi connectivity index (χ2v) is 7.21. The molecular formula is C14H11ClN6O3S2. The Morgan fingerprint density at radius 3 is 2.92 bits per heavy atom. The predicted molar refractivity (Wildman–Crippen MR) is 101 cm³/mol. The van der Waals surface area contributed by atoms with Gasteiger partial charge in [0.1, 0.15) is 0 Å². The third-order valence-electron chi connectivity index (χ3n) is 3.17. The van der Waals surface area contributed by atoms with E-state index in [2.05, 4.69) is 15.5 Å². The predicted octanol–water partition coefficient (Wildman–Crippen LogP) is 3.01. The lowest BCUT2D eigenvalue weighted by Crippen LogP contribution is -2.16. The monoisotopic (exact) mass is 410 g/mol. The first-order chi connectivity index (χ1) is 12.5. The lowest BCUT2D eigenvalue weighted by Gasteiger charge is -2.07. The van der Waals surface area contributed by atoms with E-state index >= 15 is 0 Å². The van der Waals surface area contributed by atoms with Crippen LogP contribution in [-0.4, -0.2) is 31.5 Å². The number of hydrogen-bond acceptors (Lipinski definition) is 8. The van der Waals surface area contributed by atoms with Crippen molar-refractivity contribution in [2.45, 2.75) is 5.16 Å². The minimum atomic E-state index is -0.566. The molecule has 0 unspecified atom stereocenters. The summed E-state index contributed by atoms with van der Waals surface area (Å²) in [4.78, 5) is 23.2. The Morgan fingerprint density at radius 1 is 1.42 bits per heavy atom. The number of nitrogen functional groups attached to an aromatic ring is 1. The zero-order valence-electron chi connectivity index (χ0n) is 13.0. The molecule has 0 aliphatic rings. The van der Waals surface area contributed by atoms with Crippen LogP contribution in [0.4, 0.5) is 11.4 Å². The van der Waals surface area contributed by atoms with Gasteiger partial charge >= 0.3 is 0 Å². The number of rotatable bonds is 6. The Balaban J connectivity index is 1.65. The molecule has 0 spiro atoms. The first kappa shape index (κ1) is 18.2. The molecule has 9 nitrogen and oxygen atoms in total. The number of nitro benzene ring substituents is 1. The third kappa shape index (κ3) is 3.95. The van der Waals surface area contributed by atoms with Gasteiger partial charge in [0.05, 0.1) is 26.3 Å². The molecule has 1 amide bonds. The normalized spacial score (nSPS) is 10.7. The van der Waals surface area contributed by atoms with Crippen molar-refractivity contribution in [3.63, 3.8) is 0 Å². The van der Waals surface area contributed by atoms with Crippen LogP contribution in [-0.2, 0) is 4.79 Å². The molecule has 134 valence electrons. The summed E-state index contributed by atoms with van der Waals surface area (Å²) in [5, 5.41) is 23.8. The maximum Gasteiger partial charge on any atom is 0.271 e. The van der Waals surface area contributed by atoms with E-state index in [-0.39, 0.29) is 22.2 Å². The molecule has 26 heavy (non-hydrogen) atoms. The number of halogens is 1. The van der Waals surface area contributed by atoms with Gasteiger partial charge in [-0.2, -0.15) is 0 Å². The fourth-order valence-corrected chi connectivity index (χ4v) is 3.52. The molecule has 2 heterocycles. The molecule has 0 atom stereocenters. The van der Waals surface area contributed by atoms with E-state index in [4.69, 9.17) is 17.4 Å². The van der Waals surface area contributed by atoms with Crippen LogP contribution in [0.25, 0.3) is 10.7 Å². The van der Waals surface area contributed by atoms with E-state index in [9.17, 15) is 14.9 Å². The van der Waals surface area contributed by atoms with Crippen molar-refractivity contribution < 1.29 is 9.72 Å². The highest BCUT2D eigenvalue weighted by atomic mass is 35.5. The molecule has 2 aromatic heterocycles. The van der Waals surface area contributed by atoms with Crippen LogP contribution >= 0.6 is 34.7 Å². The minimum Gasteiger partial charge on any atom is -0.335 e. The Kier molecular flexibility index (Phi) is 5.40. The van der Waals surface area contributed by atoms with Crippen molar-refractivity contribution in [3.8, 4) is 10.7 Å². The first-order valence-electron chi connectivity index (χ1n) is 7.06. The highest BCUT2D eigenvalue weighted by Crippen LogP contribution is 2.28. The summed E-state index contributed by atoms with van der Waals surface area (Å²) in [6, 6.07) is 7.55. The maximum absolute atomic E-state index is 12.1. The van der Waals surface area contributed by atoms with Gasteiger partial charge < -0.3 is 11.2 Å². The first-order valence-corrected chi connectivity index (χ1v) is 9.31. The Morgan fingerprint density at radius 2 is 2.23 bits per heavy atom. The topological polar surface area (TPSA) is 129 Å². The molecule has 0 radical (unpaired) electrons. The number of nitrogens with one attached hydrogen (secondary N) is 1. The molecule has 3 rings (SSSR count). The van der Waals surface area contributed by atoms with E-state index in [1.807, 2.05) is 17.5 Å². The molecule has 0 fully saturated rings. The number of hydrogen-bond donors (Lipinski definition) is 2. The molecule has 0 aliphatic heterocycles. The number of nitro groups is 1. The van der Waals surface area contributed by atoms with Crippen LogP contribution in [0.5, 0.6) is 0 Å². The van der Waals surface area contributed by atoms with E-state index < -0.39 is 10.8 Å². The molecule has 3 N–H and O–H groups in total. The van der Waals surface area contributed by atoms with Crippen molar-refractivity contribution in [3.05, 3.63) is 50.8 Å². The lowest BCUT2D eigenvalue weighted by atomic mass is 10.3. The number of nitrogens with two attached hydrogens (primary N) is 1. The van der Waals surface area contributed by atoms with Gasteiger partial charge in [-0.15, -0.1) is 21.5 Å². The largest absolute Gasteiger partial charge is 0.335 e. The van der Waals surface area contributed by atoms with Gasteiger partial charge in [0.15, 0.2) is 5.82 Å². The van der Waals surface area contributed by atoms with E-state index in [0.29, 0.717) is 11.0 Å². The number of aromatic nitrogens is 3. The maximum atomic E-state index is 12.1. The minimum absolute atomic E-state index is 0.0151. The van der Waals surface area contributed by atoms with Crippen molar-refractivity contribution in [2.24, 2.45) is 0 Å². The van der Waals surface area contributed by atoms with Gasteiger partial charge in [0, 0.05) is 12.1 Å².